The summed E-state index contributed by atoms with van der Waals surface area (Å²) < 4.78 is 65.4. The molecule has 0 saturated carbocycles. The second-order valence-electron chi connectivity index (χ2n) is 16.0. The van der Waals surface area contributed by atoms with E-state index in [1.54, 1.807) is 12.1 Å². The van der Waals surface area contributed by atoms with Crippen molar-refractivity contribution in [1.82, 2.24) is 14.5 Å². The second-order valence-corrected chi connectivity index (χ2v) is 16.0. The number of aryl methyl sites for hydroxylation is 2. The van der Waals surface area contributed by atoms with Gasteiger partial charge >= 0.3 is 0 Å². The third kappa shape index (κ3) is 7.73. The summed E-state index contributed by atoms with van der Waals surface area (Å²) in [5, 5.41) is 1.91. The molecule has 11 rings (SSSR count). The van der Waals surface area contributed by atoms with E-state index in [4.69, 9.17) is 27.1 Å². The number of nitrogens with zero attached hydrogens (tertiary/aromatic N) is 3. The van der Waals surface area contributed by atoms with Crippen LogP contribution in [0.5, 0.6) is 23.0 Å². The summed E-state index contributed by atoms with van der Waals surface area (Å²) in [5.41, 5.74) is 11.8. The molecule has 0 bridgehead atoms. The molecule has 0 amide bonds. The molecule has 3 aromatic heterocycles. The van der Waals surface area contributed by atoms with Crippen molar-refractivity contribution in [3.05, 3.63) is 186 Å². The van der Waals surface area contributed by atoms with E-state index in [1.165, 1.54) is 46.6 Å². The molecule has 1 aliphatic rings. The number of rotatable bonds is 6. The van der Waals surface area contributed by atoms with Gasteiger partial charge in [0, 0.05) is 45.6 Å². The van der Waals surface area contributed by atoms with Crippen LogP contribution in [0.4, 0.5) is 0 Å². The van der Waals surface area contributed by atoms with Gasteiger partial charge in [0.05, 0.1) is 22.4 Å². The van der Waals surface area contributed by atoms with E-state index in [0.717, 1.165) is 38.9 Å². The third-order valence-corrected chi connectivity index (χ3v) is 11.2. The summed E-state index contributed by atoms with van der Waals surface area (Å²) in [4.78, 5) is 9.37. The van der Waals surface area contributed by atoms with Crippen LogP contribution in [0.25, 0.3) is 72.4 Å². The van der Waals surface area contributed by atoms with Gasteiger partial charge in [0.1, 0.15) is 0 Å². The minimum Gasteiger partial charge on any atom is -0.497 e. The summed E-state index contributed by atoms with van der Waals surface area (Å²) in [7, 11) is 0. The van der Waals surface area contributed by atoms with Gasteiger partial charge in [-0.15, -0.1) is 53.6 Å². The molecule has 6 nitrogen and oxygen atoms in total. The van der Waals surface area contributed by atoms with E-state index in [2.05, 4.69) is 116 Å². The molecule has 1 radical (unpaired) electrons. The topological polar surface area (TPSA) is 62.3 Å². The zero-order chi connectivity index (χ0) is 47.5. The number of hydrogen-bond acceptors (Lipinski definition) is 5. The first-order valence-corrected chi connectivity index (χ1v) is 20.7. The first kappa shape index (κ1) is 34.8. The smallest absolute Gasteiger partial charge is 0.212 e. The van der Waals surface area contributed by atoms with Gasteiger partial charge in [-0.2, -0.15) is 0 Å². The Bertz CT molecular complexity index is 3410. The normalized spacial score (nSPS) is 13.6. The summed E-state index contributed by atoms with van der Waals surface area (Å²) in [6.07, 6.45) is 1.30. The Balaban J connectivity index is 0.000000238. The minimum absolute atomic E-state index is 0. The summed E-state index contributed by atoms with van der Waals surface area (Å²) >= 11 is 0. The Hall–Kier alpha value is -6.79. The van der Waals surface area contributed by atoms with Crippen LogP contribution in [0.2, 0.25) is 0 Å². The maximum Gasteiger partial charge on any atom is 0.212 e. The van der Waals surface area contributed by atoms with Crippen molar-refractivity contribution in [3.63, 3.8) is 0 Å². The molecule has 0 unspecified atom stereocenters. The van der Waals surface area contributed by atoms with Crippen molar-refractivity contribution in [2.45, 2.75) is 53.2 Å². The quantitative estimate of drug-likeness (QED) is 0.155. The predicted octanol–water partition coefficient (Wildman–Crippen LogP) is 15.4. The molecule has 4 heterocycles. The summed E-state index contributed by atoms with van der Waals surface area (Å²) in [6.45, 7) is 4.74. The first-order chi connectivity index (χ1) is 32.6. The zero-order valence-corrected chi connectivity index (χ0v) is 37.4. The maximum absolute atomic E-state index is 7.28. The van der Waals surface area contributed by atoms with Crippen LogP contribution in [-0.2, 0) is 20.1 Å². The maximum atomic E-state index is 7.28. The van der Waals surface area contributed by atoms with Gasteiger partial charge in [0.25, 0.3) is 0 Å². The van der Waals surface area contributed by atoms with E-state index < -0.39 is 13.7 Å². The van der Waals surface area contributed by atoms with Crippen LogP contribution in [0.1, 0.15) is 70.0 Å². The Morgan fingerprint density at radius 1 is 0.635 bits per heavy atom. The fourth-order valence-electron chi connectivity index (χ4n) is 8.13. The van der Waals surface area contributed by atoms with Crippen LogP contribution in [0.15, 0.2) is 156 Å². The SMILES string of the molecule is CC(C)c1cc(-c2ccccc2)cc(C(C)C)c1-n1c(-c2[c-]ccc3c2oc2c4c(ccc23)Oc2ccccc2O4)nc2ccccc21.[2H]C([2H])([2H])c1c[c-]c(-c2ccc(C([2H])([2H])[2H])cn2)cc1.[Ir]. The van der Waals surface area contributed by atoms with E-state index >= 15 is 0 Å². The molecular weight excluding hydrogens is 955 g/mol. The van der Waals surface area contributed by atoms with Crippen molar-refractivity contribution in [2.24, 2.45) is 0 Å². The number of ether oxygens (including phenoxy) is 2. The number of benzene rings is 7. The largest absolute Gasteiger partial charge is 0.497 e. The molecule has 0 saturated heterocycles. The van der Waals surface area contributed by atoms with E-state index in [1.807, 2.05) is 48.5 Å². The standard InChI is InChI=1S/C43H33N2O3.C13H12N.Ir/c1-25(2)32-23-28(27-13-6-5-7-14-27)24-33(26(3)4)39(32)45-35-18-9-8-17-34(35)44-43(45)31-16-12-15-29-30-21-22-38-42(41(30)48-40(29)31)47-37-20-11-10-19-36(37)46-38;1-10-3-6-12(7-4-10)13-8-5-11(2)9-14-13;/h5-15,17-26H,1-4H3;3-6,8-9H,1-2H3;/q2*-1;/i;1D3,2D3;. The molecule has 0 spiro atoms. The van der Waals surface area contributed by atoms with Gasteiger partial charge in [0.15, 0.2) is 22.8 Å². The van der Waals surface area contributed by atoms with Crippen molar-refractivity contribution >= 4 is 33.0 Å². The van der Waals surface area contributed by atoms with Crippen LogP contribution in [0, 0.1) is 25.8 Å². The predicted molar refractivity (Wildman–Crippen MR) is 251 cm³/mol. The molecule has 7 heteroatoms. The van der Waals surface area contributed by atoms with Gasteiger partial charge in [-0.3, -0.25) is 4.98 Å². The van der Waals surface area contributed by atoms with Gasteiger partial charge < -0.3 is 23.4 Å². The van der Waals surface area contributed by atoms with E-state index in [9.17, 15) is 0 Å². The Morgan fingerprint density at radius 2 is 1.33 bits per heavy atom. The Morgan fingerprint density at radius 3 is 2.03 bits per heavy atom. The number of para-hydroxylation sites is 4. The Labute approximate surface area is 390 Å². The molecule has 63 heavy (non-hydrogen) atoms. The van der Waals surface area contributed by atoms with E-state index in [-0.39, 0.29) is 43.1 Å². The average Bonchev–Trinajstić information content (AvgIpc) is 3.92. The van der Waals surface area contributed by atoms with E-state index in [0.29, 0.717) is 45.4 Å². The summed E-state index contributed by atoms with van der Waals surface area (Å²) in [5.74, 6) is 3.84. The fourth-order valence-corrected chi connectivity index (χ4v) is 8.13. The zero-order valence-electron chi connectivity index (χ0n) is 41.0. The molecule has 0 atom stereocenters. The molecule has 313 valence electrons. The Kier molecular flexibility index (Phi) is 9.47. The van der Waals surface area contributed by atoms with Crippen molar-refractivity contribution in [1.29, 1.82) is 0 Å². The monoisotopic (exact) mass is 1010 g/mol. The van der Waals surface area contributed by atoms with Gasteiger partial charge in [-0.05, 0) is 101 Å². The van der Waals surface area contributed by atoms with Crippen LogP contribution < -0.4 is 9.47 Å². The number of imidazole rings is 1. The molecule has 1 aliphatic heterocycles. The van der Waals surface area contributed by atoms with Crippen LogP contribution >= 0.6 is 0 Å². The van der Waals surface area contributed by atoms with Gasteiger partial charge in [0.2, 0.25) is 5.75 Å². The second kappa shape index (κ2) is 17.2. The molecule has 0 fully saturated rings. The molecular formula is C56H45IrN3O3-2. The average molecular weight is 1010 g/mol. The van der Waals surface area contributed by atoms with Crippen molar-refractivity contribution in [2.75, 3.05) is 0 Å². The summed E-state index contributed by atoms with van der Waals surface area (Å²) in [6, 6.07) is 53.4. The van der Waals surface area contributed by atoms with Crippen LogP contribution in [-0.4, -0.2) is 14.5 Å². The molecule has 7 aromatic carbocycles. The number of fused-ring (bicyclic) bond motifs is 7. The van der Waals surface area contributed by atoms with Crippen molar-refractivity contribution in [3.8, 4) is 62.5 Å². The number of pyridine rings is 1. The van der Waals surface area contributed by atoms with Gasteiger partial charge in [-0.25, -0.2) is 0 Å². The first-order valence-electron chi connectivity index (χ1n) is 23.7. The molecule has 0 aliphatic carbocycles. The third-order valence-electron chi connectivity index (χ3n) is 11.2. The van der Waals surface area contributed by atoms with Gasteiger partial charge in [-0.1, -0.05) is 112 Å². The molecule has 0 N–H and O–H groups in total. The number of hydrogen-bond donors (Lipinski definition) is 0. The fraction of sp³-hybridized carbons (Fsp3) is 0.143. The molecule has 10 aromatic rings. The van der Waals surface area contributed by atoms with Crippen LogP contribution in [0.3, 0.4) is 0 Å². The minimum atomic E-state index is -2.18. The number of aromatic nitrogens is 3. The number of furan rings is 1. The van der Waals surface area contributed by atoms with Crippen molar-refractivity contribution < 1.29 is 42.2 Å².